The van der Waals surface area contributed by atoms with E-state index in [1.54, 1.807) is 0 Å². The molecular weight excluding hydrogens is 234 g/mol. The van der Waals surface area contributed by atoms with Crippen molar-refractivity contribution in [2.24, 2.45) is 0 Å². The van der Waals surface area contributed by atoms with Gasteiger partial charge in [0, 0.05) is 36.7 Å². The van der Waals surface area contributed by atoms with Gasteiger partial charge in [-0.3, -0.25) is 9.97 Å². The minimum Gasteiger partial charge on any atom is -0.313 e. The summed E-state index contributed by atoms with van der Waals surface area (Å²) in [7, 11) is 1.99. The fourth-order valence-corrected chi connectivity index (χ4v) is 2.24. The Morgan fingerprint density at radius 2 is 2.05 bits per heavy atom. The van der Waals surface area contributed by atoms with Crippen molar-refractivity contribution < 1.29 is 0 Å². The van der Waals surface area contributed by atoms with Crippen molar-refractivity contribution in [3.63, 3.8) is 0 Å². The van der Waals surface area contributed by atoms with E-state index in [1.807, 2.05) is 25.6 Å². The maximum atomic E-state index is 4.54. The fourth-order valence-electron chi connectivity index (χ4n) is 2.24. The summed E-state index contributed by atoms with van der Waals surface area (Å²) in [6.07, 6.45) is 7.66. The molecule has 2 heterocycles. The molecule has 100 valence electrons. The van der Waals surface area contributed by atoms with Gasteiger partial charge >= 0.3 is 0 Å². The second kappa shape index (κ2) is 6.43. The highest BCUT2D eigenvalue weighted by atomic mass is 14.9. The molecule has 0 saturated heterocycles. The number of aromatic nitrogens is 2. The number of hydrogen-bond acceptors (Lipinski definition) is 3. The van der Waals surface area contributed by atoms with Crippen LogP contribution in [-0.2, 0) is 12.8 Å². The van der Waals surface area contributed by atoms with E-state index >= 15 is 0 Å². The SMILES string of the molecule is CCc1ccc(CC(NC)c2ccncc2C)nc1. The maximum absolute atomic E-state index is 4.54. The highest BCUT2D eigenvalue weighted by Gasteiger charge is 2.13. The van der Waals surface area contributed by atoms with Gasteiger partial charge in [0.1, 0.15) is 0 Å². The molecule has 2 aromatic rings. The molecule has 3 nitrogen and oxygen atoms in total. The number of aryl methyl sites for hydroxylation is 2. The second-order valence-corrected chi connectivity index (χ2v) is 4.79. The van der Waals surface area contributed by atoms with Gasteiger partial charge < -0.3 is 5.32 Å². The molecule has 0 aliphatic rings. The zero-order valence-corrected chi connectivity index (χ0v) is 11.9. The summed E-state index contributed by atoms with van der Waals surface area (Å²) in [4.78, 5) is 8.68. The third-order valence-electron chi connectivity index (χ3n) is 3.50. The van der Waals surface area contributed by atoms with Crippen LogP contribution in [-0.4, -0.2) is 17.0 Å². The van der Waals surface area contributed by atoms with E-state index < -0.39 is 0 Å². The van der Waals surface area contributed by atoms with Crippen LogP contribution < -0.4 is 5.32 Å². The van der Waals surface area contributed by atoms with Gasteiger partial charge in [-0.25, -0.2) is 0 Å². The fraction of sp³-hybridized carbons (Fsp3) is 0.375. The number of likely N-dealkylation sites (N-methyl/N-ethyl adjacent to an activating group) is 1. The summed E-state index contributed by atoms with van der Waals surface area (Å²) in [5, 5.41) is 3.37. The standard InChI is InChI=1S/C16H21N3/c1-4-13-5-6-14(19-11-13)9-16(17-3)15-7-8-18-10-12(15)2/h5-8,10-11,16-17H,4,9H2,1-3H3. The quantitative estimate of drug-likeness (QED) is 0.892. The molecule has 0 amide bonds. The lowest BCUT2D eigenvalue weighted by Crippen LogP contribution is -2.20. The average Bonchev–Trinajstić information content (AvgIpc) is 2.46. The van der Waals surface area contributed by atoms with E-state index in [0.717, 1.165) is 18.5 Å². The van der Waals surface area contributed by atoms with E-state index in [2.05, 4.69) is 47.3 Å². The Morgan fingerprint density at radius 3 is 2.63 bits per heavy atom. The molecule has 0 fully saturated rings. The lowest BCUT2D eigenvalue weighted by Gasteiger charge is -2.18. The summed E-state index contributed by atoms with van der Waals surface area (Å²) >= 11 is 0. The summed E-state index contributed by atoms with van der Waals surface area (Å²) in [5.74, 6) is 0. The van der Waals surface area contributed by atoms with Crippen LogP contribution >= 0.6 is 0 Å². The first-order chi connectivity index (χ1) is 9.24. The van der Waals surface area contributed by atoms with Crippen molar-refractivity contribution in [2.75, 3.05) is 7.05 Å². The van der Waals surface area contributed by atoms with E-state index in [4.69, 9.17) is 0 Å². The molecule has 0 radical (unpaired) electrons. The van der Waals surface area contributed by atoms with Crippen LogP contribution in [0.15, 0.2) is 36.8 Å². The van der Waals surface area contributed by atoms with Crippen LogP contribution in [0.1, 0.15) is 35.3 Å². The summed E-state index contributed by atoms with van der Waals surface area (Å²) in [5.41, 5.74) is 4.91. The third kappa shape index (κ3) is 3.38. The molecule has 2 aromatic heterocycles. The lowest BCUT2D eigenvalue weighted by molar-refractivity contribution is 0.580. The highest BCUT2D eigenvalue weighted by molar-refractivity contribution is 5.27. The maximum Gasteiger partial charge on any atom is 0.0422 e. The molecule has 19 heavy (non-hydrogen) atoms. The van der Waals surface area contributed by atoms with Crippen LogP contribution in [0.25, 0.3) is 0 Å². The summed E-state index contributed by atoms with van der Waals surface area (Å²) in [6, 6.07) is 6.65. The molecule has 2 rings (SSSR count). The predicted octanol–water partition coefficient (Wildman–Crippen LogP) is 2.85. The van der Waals surface area contributed by atoms with Gasteiger partial charge in [-0.05, 0) is 49.2 Å². The number of pyridine rings is 2. The van der Waals surface area contributed by atoms with E-state index in [-0.39, 0.29) is 6.04 Å². The first kappa shape index (κ1) is 13.7. The summed E-state index contributed by atoms with van der Waals surface area (Å²) in [6.45, 7) is 4.24. The molecule has 1 unspecified atom stereocenters. The average molecular weight is 255 g/mol. The number of nitrogens with zero attached hydrogens (tertiary/aromatic N) is 2. The van der Waals surface area contributed by atoms with Crippen LogP contribution in [0.4, 0.5) is 0 Å². The molecule has 0 aliphatic heterocycles. The van der Waals surface area contributed by atoms with E-state index in [1.165, 1.54) is 16.7 Å². The molecule has 0 saturated carbocycles. The Labute approximate surface area is 115 Å². The van der Waals surface area contributed by atoms with Crippen molar-refractivity contribution in [1.82, 2.24) is 15.3 Å². The molecular formula is C16H21N3. The molecule has 0 spiro atoms. The number of nitrogens with one attached hydrogen (secondary N) is 1. The number of rotatable bonds is 5. The van der Waals surface area contributed by atoms with Gasteiger partial charge in [0.15, 0.2) is 0 Å². The monoisotopic (exact) mass is 255 g/mol. The zero-order chi connectivity index (χ0) is 13.7. The van der Waals surface area contributed by atoms with Gasteiger partial charge in [-0.15, -0.1) is 0 Å². The van der Waals surface area contributed by atoms with E-state index in [9.17, 15) is 0 Å². The zero-order valence-electron chi connectivity index (χ0n) is 11.9. The van der Waals surface area contributed by atoms with Crippen molar-refractivity contribution >= 4 is 0 Å². The Kier molecular flexibility index (Phi) is 4.63. The van der Waals surface area contributed by atoms with Crippen molar-refractivity contribution in [3.05, 3.63) is 59.2 Å². The molecule has 0 bridgehead atoms. The third-order valence-corrected chi connectivity index (χ3v) is 3.50. The smallest absolute Gasteiger partial charge is 0.0422 e. The minimum absolute atomic E-state index is 0.281. The Bertz CT molecular complexity index is 520. The van der Waals surface area contributed by atoms with Gasteiger partial charge in [0.05, 0.1) is 0 Å². The van der Waals surface area contributed by atoms with Gasteiger partial charge in [-0.1, -0.05) is 13.0 Å². The molecule has 0 aromatic carbocycles. The highest BCUT2D eigenvalue weighted by Crippen LogP contribution is 2.20. The van der Waals surface area contributed by atoms with Crippen molar-refractivity contribution in [2.45, 2.75) is 32.7 Å². The van der Waals surface area contributed by atoms with E-state index in [0.29, 0.717) is 0 Å². The first-order valence-corrected chi connectivity index (χ1v) is 6.76. The van der Waals surface area contributed by atoms with Crippen molar-refractivity contribution in [3.8, 4) is 0 Å². The minimum atomic E-state index is 0.281. The largest absolute Gasteiger partial charge is 0.313 e. The molecule has 1 N–H and O–H groups in total. The second-order valence-electron chi connectivity index (χ2n) is 4.79. The Balaban J connectivity index is 2.17. The molecule has 1 atom stereocenters. The van der Waals surface area contributed by atoms with Gasteiger partial charge in [-0.2, -0.15) is 0 Å². The lowest BCUT2D eigenvalue weighted by atomic mass is 9.99. The van der Waals surface area contributed by atoms with Crippen LogP contribution in [0.3, 0.4) is 0 Å². The van der Waals surface area contributed by atoms with Crippen molar-refractivity contribution in [1.29, 1.82) is 0 Å². The van der Waals surface area contributed by atoms with Gasteiger partial charge in [0.25, 0.3) is 0 Å². The predicted molar refractivity (Wildman–Crippen MR) is 78.1 cm³/mol. The van der Waals surface area contributed by atoms with Crippen LogP contribution in [0.2, 0.25) is 0 Å². The Hall–Kier alpha value is -1.74. The topological polar surface area (TPSA) is 37.8 Å². The molecule has 3 heteroatoms. The normalized spacial score (nSPS) is 12.4. The van der Waals surface area contributed by atoms with Gasteiger partial charge in [0.2, 0.25) is 0 Å². The van der Waals surface area contributed by atoms with Crippen LogP contribution in [0, 0.1) is 6.92 Å². The van der Waals surface area contributed by atoms with Crippen LogP contribution in [0.5, 0.6) is 0 Å². The first-order valence-electron chi connectivity index (χ1n) is 6.76. The summed E-state index contributed by atoms with van der Waals surface area (Å²) < 4.78 is 0. The Morgan fingerprint density at radius 1 is 1.21 bits per heavy atom. The molecule has 0 aliphatic carbocycles. The number of hydrogen-bond donors (Lipinski definition) is 1.